The average molecular weight is 459 g/mol. The number of rotatable bonds is 5. The van der Waals surface area contributed by atoms with E-state index in [0.717, 1.165) is 37.0 Å². The monoisotopic (exact) mass is 458 g/mol. The van der Waals surface area contributed by atoms with E-state index in [1.165, 1.54) is 29.5 Å². The Hall–Kier alpha value is -2.06. The topological polar surface area (TPSA) is 49.4 Å². The van der Waals surface area contributed by atoms with Gasteiger partial charge in [0.1, 0.15) is 0 Å². The number of anilines is 1. The lowest BCUT2D eigenvalue weighted by Gasteiger charge is -2.33. The number of amides is 2. The number of para-hydroxylation sites is 1. The number of carbonyl (C=O) groups is 2. The minimum absolute atomic E-state index is 0.0427. The molecule has 1 N–H and O–H groups in total. The number of nitrogens with zero attached hydrogens (tertiary/aromatic N) is 1. The molecule has 1 aromatic carbocycles. The molecule has 0 bridgehead atoms. The molecule has 1 aromatic heterocycles. The van der Waals surface area contributed by atoms with E-state index in [4.69, 9.17) is 11.6 Å². The number of halogens is 4. The number of hydrogen-bond donors (Lipinski definition) is 1. The zero-order valence-electron chi connectivity index (χ0n) is 16.3. The Labute approximate surface area is 182 Å². The van der Waals surface area contributed by atoms with Gasteiger partial charge in [0.15, 0.2) is 6.04 Å². The van der Waals surface area contributed by atoms with Gasteiger partial charge in [0.2, 0.25) is 5.91 Å². The van der Waals surface area contributed by atoms with Gasteiger partial charge < -0.3 is 5.32 Å². The van der Waals surface area contributed by atoms with Crippen molar-refractivity contribution in [2.75, 3.05) is 4.90 Å². The van der Waals surface area contributed by atoms with Gasteiger partial charge in [-0.3, -0.25) is 14.5 Å². The molecule has 1 aliphatic carbocycles. The largest absolute Gasteiger partial charge is 0.471 e. The zero-order chi connectivity index (χ0) is 21.9. The molecule has 2 amide bonds. The Kier molecular flexibility index (Phi) is 7.08. The maximum Gasteiger partial charge on any atom is 0.471 e. The van der Waals surface area contributed by atoms with Crippen LogP contribution in [0, 0.1) is 6.92 Å². The van der Waals surface area contributed by atoms with Crippen LogP contribution in [0.4, 0.5) is 18.9 Å². The molecule has 1 aliphatic rings. The van der Waals surface area contributed by atoms with Gasteiger partial charge in [-0.05, 0) is 44.0 Å². The molecule has 1 heterocycles. The fourth-order valence-electron chi connectivity index (χ4n) is 3.65. The summed E-state index contributed by atoms with van der Waals surface area (Å²) in [5.41, 5.74) is -0.156. The molecule has 2 aromatic rings. The second-order valence-corrected chi connectivity index (χ2v) is 9.05. The normalized spacial score (nSPS) is 16.2. The number of hydrogen-bond acceptors (Lipinski definition) is 3. The summed E-state index contributed by atoms with van der Waals surface area (Å²) < 4.78 is 40.7. The standard InChI is InChI=1S/C21H22ClF3N2O2S/c1-13-11-12-17(30-13)18(19(28)26-14-7-3-2-4-8-14)27(20(29)21(23,24)25)16-10-6-5-9-15(16)22/h5-6,9-12,14,18H,2-4,7-8H2,1H3,(H,26,28)/t18-/m1/s1. The fourth-order valence-corrected chi connectivity index (χ4v) is 4.85. The van der Waals surface area contributed by atoms with Crippen molar-refractivity contribution in [2.24, 2.45) is 0 Å². The molecular weight excluding hydrogens is 437 g/mol. The van der Waals surface area contributed by atoms with E-state index in [0.29, 0.717) is 9.78 Å². The lowest BCUT2D eigenvalue weighted by molar-refractivity contribution is -0.171. The van der Waals surface area contributed by atoms with Crippen molar-refractivity contribution >= 4 is 40.4 Å². The van der Waals surface area contributed by atoms with Crippen LogP contribution < -0.4 is 10.2 Å². The van der Waals surface area contributed by atoms with E-state index in [1.54, 1.807) is 25.1 Å². The maximum atomic E-state index is 13.6. The Morgan fingerprint density at radius 2 is 1.80 bits per heavy atom. The highest BCUT2D eigenvalue weighted by Gasteiger charge is 2.48. The minimum atomic E-state index is -5.17. The third-order valence-electron chi connectivity index (χ3n) is 5.06. The van der Waals surface area contributed by atoms with Gasteiger partial charge >= 0.3 is 12.1 Å². The highest BCUT2D eigenvalue weighted by atomic mass is 35.5. The van der Waals surface area contributed by atoms with Gasteiger partial charge in [0.25, 0.3) is 0 Å². The van der Waals surface area contributed by atoms with Crippen molar-refractivity contribution in [3.8, 4) is 0 Å². The Balaban J connectivity index is 2.07. The summed E-state index contributed by atoms with van der Waals surface area (Å²) in [6.07, 6.45) is -0.678. The molecule has 0 radical (unpaired) electrons. The molecule has 162 valence electrons. The molecular formula is C21H22ClF3N2O2S. The van der Waals surface area contributed by atoms with Crippen LogP contribution in [0.1, 0.15) is 47.9 Å². The van der Waals surface area contributed by atoms with Gasteiger partial charge in [-0.2, -0.15) is 13.2 Å². The van der Waals surface area contributed by atoms with Crippen molar-refractivity contribution in [1.29, 1.82) is 0 Å². The van der Waals surface area contributed by atoms with Crippen LogP contribution in [0.5, 0.6) is 0 Å². The lowest BCUT2D eigenvalue weighted by Crippen LogP contribution is -2.50. The second kappa shape index (κ2) is 9.39. The number of carbonyl (C=O) groups excluding carboxylic acids is 2. The molecule has 0 saturated heterocycles. The molecule has 3 rings (SSSR count). The van der Waals surface area contributed by atoms with Crippen molar-refractivity contribution in [3.63, 3.8) is 0 Å². The number of benzene rings is 1. The Morgan fingerprint density at radius 1 is 1.13 bits per heavy atom. The predicted molar refractivity (Wildman–Crippen MR) is 112 cm³/mol. The van der Waals surface area contributed by atoms with Crippen LogP contribution in [-0.2, 0) is 9.59 Å². The maximum absolute atomic E-state index is 13.6. The van der Waals surface area contributed by atoms with E-state index in [9.17, 15) is 22.8 Å². The van der Waals surface area contributed by atoms with Crippen molar-refractivity contribution in [2.45, 2.75) is 57.3 Å². The van der Waals surface area contributed by atoms with Crippen LogP contribution in [0.25, 0.3) is 0 Å². The van der Waals surface area contributed by atoms with Gasteiger partial charge in [-0.1, -0.05) is 43.0 Å². The van der Waals surface area contributed by atoms with Crippen LogP contribution in [0.15, 0.2) is 36.4 Å². The van der Waals surface area contributed by atoms with Gasteiger partial charge in [0.05, 0.1) is 10.7 Å². The van der Waals surface area contributed by atoms with Crippen LogP contribution in [0.3, 0.4) is 0 Å². The van der Waals surface area contributed by atoms with Gasteiger partial charge in [-0.15, -0.1) is 11.3 Å². The minimum Gasteiger partial charge on any atom is -0.351 e. The van der Waals surface area contributed by atoms with Crippen LogP contribution in [0.2, 0.25) is 5.02 Å². The summed E-state index contributed by atoms with van der Waals surface area (Å²) in [6, 6.07) is 7.43. The van der Waals surface area contributed by atoms with Crippen LogP contribution in [-0.4, -0.2) is 24.0 Å². The van der Waals surface area contributed by atoms with E-state index in [2.05, 4.69) is 5.32 Å². The first-order valence-corrected chi connectivity index (χ1v) is 10.9. The predicted octanol–water partition coefficient (Wildman–Crippen LogP) is 5.80. The highest BCUT2D eigenvalue weighted by molar-refractivity contribution is 7.12. The lowest BCUT2D eigenvalue weighted by atomic mass is 9.95. The number of thiophene rings is 1. The molecule has 0 aliphatic heterocycles. The molecule has 1 atom stereocenters. The zero-order valence-corrected chi connectivity index (χ0v) is 17.9. The third-order valence-corrected chi connectivity index (χ3v) is 6.43. The highest BCUT2D eigenvalue weighted by Crippen LogP contribution is 2.38. The molecule has 0 unspecified atom stereocenters. The summed E-state index contributed by atoms with van der Waals surface area (Å²) in [4.78, 5) is 27.4. The number of aryl methyl sites for hydroxylation is 1. The van der Waals surface area contributed by atoms with E-state index in [1.807, 2.05) is 0 Å². The molecule has 1 fully saturated rings. The first-order chi connectivity index (χ1) is 14.2. The molecule has 9 heteroatoms. The van der Waals surface area contributed by atoms with E-state index < -0.39 is 24.0 Å². The van der Waals surface area contributed by atoms with Gasteiger partial charge in [-0.25, -0.2) is 0 Å². The summed E-state index contributed by atoms with van der Waals surface area (Å²) in [7, 11) is 0. The van der Waals surface area contributed by atoms with Crippen LogP contribution >= 0.6 is 22.9 Å². The van der Waals surface area contributed by atoms with Gasteiger partial charge in [0, 0.05) is 15.8 Å². The summed E-state index contributed by atoms with van der Waals surface area (Å²) >= 11 is 7.33. The summed E-state index contributed by atoms with van der Waals surface area (Å²) in [6.45, 7) is 1.79. The van der Waals surface area contributed by atoms with Crippen molar-refractivity contribution < 1.29 is 22.8 Å². The third kappa shape index (κ3) is 5.16. The Bertz CT molecular complexity index is 910. The fraction of sp³-hybridized carbons (Fsp3) is 0.429. The molecule has 1 saturated carbocycles. The average Bonchev–Trinajstić information content (AvgIpc) is 3.12. The molecule has 30 heavy (non-hydrogen) atoms. The smallest absolute Gasteiger partial charge is 0.351 e. The second-order valence-electron chi connectivity index (χ2n) is 7.32. The van der Waals surface area contributed by atoms with Crippen molar-refractivity contribution in [3.05, 3.63) is 51.2 Å². The summed E-state index contributed by atoms with van der Waals surface area (Å²) in [5, 5.41) is 2.82. The first kappa shape index (κ1) is 22.6. The number of nitrogens with one attached hydrogen (secondary N) is 1. The SMILES string of the molecule is Cc1ccc([C@H](C(=O)NC2CCCCC2)N(C(=O)C(F)(F)F)c2ccccc2Cl)s1. The summed E-state index contributed by atoms with van der Waals surface area (Å²) in [5.74, 6) is -2.77. The van der Waals surface area contributed by atoms with E-state index >= 15 is 0 Å². The van der Waals surface area contributed by atoms with Crippen molar-refractivity contribution in [1.82, 2.24) is 5.32 Å². The Morgan fingerprint density at radius 3 is 2.37 bits per heavy atom. The number of alkyl halides is 3. The van der Waals surface area contributed by atoms with E-state index in [-0.39, 0.29) is 16.8 Å². The molecule has 4 nitrogen and oxygen atoms in total. The quantitative estimate of drug-likeness (QED) is 0.616. The first-order valence-electron chi connectivity index (χ1n) is 9.70. The molecule has 0 spiro atoms.